The fourth-order valence-electron chi connectivity index (χ4n) is 4.39. The van der Waals surface area contributed by atoms with Crippen molar-refractivity contribution in [1.29, 1.82) is 0 Å². The van der Waals surface area contributed by atoms with Gasteiger partial charge in [-0.3, -0.25) is 14.5 Å². The molecule has 0 saturated carbocycles. The second kappa shape index (κ2) is 8.51. The van der Waals surface area contributed by atoms with E-state index in [4.69, 9.17) is 4.74 Å². The summed E-state index contributed by atoms with van der Waals surface area (Å²) in [5.41, 5.74) is 1.12. The Morgan fingerprint density at radius 1 is 0.968 bits per heavy atom. The minimum Gasteiger partial charge on any atom is -0.548 e. The summed E-state index contributed by atoms with van der Waals surface area (Å²) in [4.78, 5) is 40.9. The van der Waals surface area contributed by atoms with Gasteiger partial charge in [-0.15, -0.1) is 0 Å². The Labute approximate surface area is 181 Å². The first-order valence-corrected chi connectivity index (χ1v) is 10.6. The highest BCUT2D eigenvalue weighted by atomic mass is 16.5. The molecule has 0 unspecified atom stereocenters. The van der Waals surface area contributed by atoms with E-state index in [9.17, 15) is 19.5 Å². The second-order valence-electron chi connectivity index (χ2n) is 7.98. The Bertz CT molecular complexity index is 965. The molecule has 0 N–H and O–H groups in total. The van der Waals surface area contributed by atoms with Gasteiger partial charge in [-0.2, -0.15) is 0 Å². The van der Waals surface area contributed by atoms with Crippen LogP contribution in [0.4, 0.5) is 0 Å². The highest BCUT2D eigenvalue weighted by Crippen LogP contribution is 2.38. The van der Waals surface area contributed by atoms with Gasteiger partial charge < -0.3 is 19.5 Å². The highest BCUT2D eigenvalue weighted by molar-refractivity contribution is 5.97. The van der Waals surface area contributed by atoms with Crippen LogP contribution in [0.3, 0.4) is 0 Å². The van der Waals surface area contributed by atoms with Crippen molar-refractivity contribution in [3.63, 3.8) is 0 Å². The molecule has 0 radical (unpaired) electrons. The fraction of sp³-hybridized carbons (Fsp3) is 0.375. The number of rotatable bonds is 4. The Morgan fingerprint density at radius 3 is 2.16 bits per heavy atom. The lowest BCUT2D eigenvalue weighted by molar-refractivity contribution is -0.310. The quantitative estimate of drug-likeness (QED) is 0.746. The molecule has 0 aromatic heterocycles. The van der Waals surface area contributed by atoms with Crippen molar-refractivity contribution in [3.8, 4) is 0 Å². The Morgan fingerprint density at radius 2 is 1.58 bits per heavy atom. The van der Waals surface area contributed by atoms with Crippen molar-refractivity contribution in [2.45, 2.75) is 38.0 Å². The molecule has 7 nitrogen and oxygen atoms in total. The average molecular weight is 421 g/mol. The van der Waals surface area contributed by atoms with Gasteiger partial charge in [-0.25, -0.2) is 0 Å². The summed E-state index contributed by atoms with van der Waals surface area (Å²) in [7, 11) is 0. The Kier molecular flexibility index (Phi) is 5.78. The van der Waals surface area contributed by atoms with Crippen molar-refractivity contribution in [1.82, 2.24) is 9.80 Å². The van der Waals surface area contributed by atoms with Crippen LogP contribution in [-0.2, 0) is 16.0 Å². The molecule has 1 atom stereocenters. The molecule has 2 saturated heterocycles. The standard InChI is InChI=1S/C24H26N2O5/c1-2-17-8-10-19(11-9-17)21(27)25-14-12-24(13-15-25)26(20(16-31-24)23(29)30)22(28)18-6-4-3-5-7-18/h3-11,20H,2,12-16H2,1H3,(H,29,30)/p-1/t20-/m0/s1. The number of aliphatic carboxylic acids is 1. The van der Waals surface area contributed by atoms with Crippen LogP contribution < -0.4 is 5.11 Å². The molecule has 0 bridgehead atoms. The number of amides is 2. The third kappa shape index (κ3) is 3.93. The molecule has 2 aliphatic heterocycles. The molecule has 162 valence electrons. The van der Waals surface area contributed by atoms with E-state index < -0.39 is 23.6 Å². The number of hydrogen-bond acceptors (Lipinski definition) is 5. The number of aryl methyl sites for hydroxylation is 1. The lowest BCUT2D eigenvalue weighted by Gasteiger charge is -2.45. The van der Waals surface area contributed by atoms with Gasteiger partial charge in [0, 0.05) is 37.1 Å². The van der Waals surface area contributed by atoms with Gasteiger partial charge in [0.1, 0.15) is 5.72 Å². The third-order valence-electron chi connectivity index (χ3n) is 6.21. The van der Waals surface area contributed by atoms with Gasteiger partial charge in [-0.1, -0.05) is 37.3 Å². The summed E-state index contributed by atoms with van der Waals surface area (Å²) >= 11 is 0. The number of ether oxygens (including phenoxy) is 1. The number of carbonyl (C=O) groups excluding carboxylic acids is 3. The molecule has 1 spiro atoms. The third-order valence-corrected chi connectivity index (χ3v) is 6.21. The van der Waals surface area contributed by atoms with Crippen LogP contribution in [0.15, 0.2) is 54.6 Å². The predicted molar refractivity (Wildman–Crippen MR) is 111 cm³/mol. The van der Waals surface area contributed by atoms with E-state index in [2.05, 4.69) is 6.92 Å². The molecule has 2 aromatic rings. The van der Waals surface area contributed by atoms with Crippen molar-refractivity contribution in [2.75, 3.05) is 19.7 Å². The molecule has 2 aromatic carbocycles. The number of carboxylic acids is 1. The SMILES string of the molecule is CCc1ccc(C(=O)N2CCC3(CC2)OC[C@@H](C(=O)[O-])N3C(=O)c2ccccc2)cc1. The van der Waals surface area contributed by atoms with Crippen molar-refractivity contribution in [3.05, 3.63) is 71.3 Å². The number of piperidine rings is 1. The van der Waals surface area contributed by atoms with Gasteiger partial charge in [-0.05, 0) is 36.2 Å². The van der Waals surface area contributed by atoms with E-state index in [0.717, 1.165) is 12.0 Å². The van der Waals surface area contributed by atoms with E-state index in [1.54, 1.807) is 35.2 Å². The molecule has 2 fully saturated rings. The first-order chi connectivity index (χ1) is 14.9. The van der Waals surface area contributed by atoms with Gasteiger partial charge in [0.25, 0.3) is 11.8 Å². The van der Waals surface area contributed by atoms with Crippen LogP contribution in [0, 0.1) is 0 Å². The Hall–Kier alpha value is -3.19. The predicted octanol–water partition coefficient (Wildman–Crippen LogP) is 1.47. The van der Waals surface area contributed by atoms with Crippen LogP contribution in [0.1, 0.15) is 46.0 Å². The largest absolute Gasteiger partial charge is 0.548 e. The van der Waals surface area contributed by atoms with E-state index >= 15 is 0 Å². The van der Waals surface area contributed by atoms with E-state index in [0.29, 0.717) is 37.1 Å². The summed E-state index contributed by atoms with van der Waals surface area (Å²) < 4.78 is 5.92. The highest BCUT2D eigenvalue weighted by Gasteiger charge is 2.52. The van der Waals surface area contributed by atoms with Crippen LogP contribution in [-0.4, -0.2) is 59.0 Å². The first kappa shape index (κ1) is 21.1. The van der Waals surface area contributed by atoms with Crippen LogP contribution >= 0.6 is 0 Å². The minimum atomic E-state index is -1.34. The topological polar surface area (TPSA) is 90.0 Å². The van der Waals surface area contributed by atoms with Gasteiger partial charge in [0.15, 0.2) is 0 Å². The molecule has 2 heterocycles. The maximum Gasteiger partial charge on any atom is 0.256 e. The summed E-state index contributed by atoms with van der Waals surface area (Å²) in [5.74, 6) is -1.81. The second-order valence-corrected chi connectivity index (χ2v) is 7.98. The van der Waals surface area contributed by atoms with Gasteiger partial charge in [0.2, 0.25) is 0 Å². The zero-order valence-electron chi connectivity index (χ0n) is 17.5. The smallest absolute Gasteiger partial charge is 0.256 e. The maximum absolute atomic E-state index is 13.2. The number of hydrogen-bond donors (Lipinski definition) is 0. The zero-order chi connectivity index (χ0) is 22.0. The number of likely N-dealkylation sites (tertiary alicyclic amines) is 1. The maximum atomic E-state index is 13.2. The molecule has 7 heteroatoms. The molecule has 0 aliphatic carbocycles. The van der Waals surface area contributed by atoms with Crippen LogP contribution in [0.2, 0.25) is 0 Å². The van der Waals surface area contributed by atoms with Crippen molar-refractivity contribution < 1.29 is 24.2 Å². The molecule has 2 aliphatic rings. The monoisotopic (exact) mass is 421 g/mol. The van der Waals surface area contributed by atoms with E-state index in [1.165, 1.54) is 4.90 Å². The number of nitrogens with zero attached hydrogens (tertiary/aromatic N) is 2. The average Bonchev–Trinajstić information content (AvgIpc) is 3.18. The molecule has 31 heavy (non-hydrogen) atoms. The van der Waals surface area contributed by atoms with E-state index in [-0.39, 0.29) is 12.5 Å². The van der Waals surface area contributed by atoms with Gasteiger partial charge in [0.05, 0.1) is 18.6 Å². The lowest BCUT2D eigenvalue weighted by atomic mass is 9.96. The molecular formula is C24H25N2O5-. The van der Waals surface area contributed by atoms with Crippen molar-refractivity contribution >= 4 is 17.8 Å². The normalized spacial score (nSPS) is 20.1. The summed E-state index contributed by atoms with van der Waals surface area (Å²) in [6, 6.07) is 15.0. The fourth-order valence-corrected chi connectivity index (χ4v) is 4.39. The number of carboxylic acid groups (broad SMARTS) is 1. The van der Waals surface area contributed by atoms with E-state index in [1.807, 2.05) is 24.3 Å². The molecular weight excluding hydrogens is 396 g/mol. The lowest BCUT2D eigenvalue weighted by Crippen LogP contribution is -2.60. The summed E-state index contributed by atoms with van der Waals surface area (Å²) in [6.07, 6.45) is 1.59. The molecule has 2 amide bonds. The minimum absolute atomic E-state index is 0.0760. The number of carbonyl (C=O) groups is 3. The van der Waals surface area contributed by atoms with Crippen LogP contribution in [0.5, 0.6) is 0 Å². The van der Waals surface area contributed by atoms with Crippen LogP contribution in [0.25, 0.3) is 0 Å². The van der Waals surface area contributed by atoms with Gasteiger partial charge >= 0.3 is 0 Å². The summed E-state index contributed by atoms with van der Waals surface area (Å²) in [5, 5.41) is 11.7. The number of benzene rings is 2. The zero-order valence-corrected chi connectivity index (χ0v) is 17.5. The van der Waals surface area contributed by atoms with Crippen molar-refractivity contribution in [2.24, 2.45) is 0 Å². The Balaban J connectivity index is 1.53. The molecule has 4 rings (SSSR count). The first-order valence-electron chi connectivity index (χ1n) is 10.6. The summed E-state index contributed by atoms with van der Waals surface area (Å²) in [6.45, 7) is 2.68.